The molecular weight excluding hydrogens is 374 g/mol. The maximum absolute atomic E-state index is 12.4. The van der Waals surface area contributed by atoms with Gasteiger partial charge in [-0.1, -0.05) is 18.2 Å². The van der Waals surface area contributed by atoms with Crippen molar-refractivity contribution in [1.82, 2.24) is 15.6 Å². The highest BCUT2D eigenvalue weighted by molar-refractivity contribution is 5.98. The molecule has 1 heterocycles. The smallest absolute Gasteiger partial charge is 0.267 e. The van der Waals surface area contributed by atoms with Crippen molar-refractivity contribution in [3.63, 3.8) is 0 Å². The van der Waals surface area contributed by atoms with E-state index in [1.54, 1.807) is 18.2 Å². The van der Waals surface area contributed by atoms with Crippen LogP contribution < -0.4 is 24.8 Å². The molecule has 0 fully saturated rings. The Morgan fingerprint density at radius 1 is 0.862 bits per heavy atom. The van der Waals surface area contributed by atoms with E-state index in [-0.39, 0.29) is 24.9 Å². The number of hydrogen-bond donors (Lipinski definition) is 3. The maximum atomic E-state index is 12.4. The topological polar surface area (TPSA) is 102 Å². The molecule has 0 unspecified atom stereocenters. The summed E-state index contributed by atoms with van der Waals surface area (Å²) in [5.74, 6) is 0.651. The monoisotopic (exact) mass is 397 g/mol. The zero-order valence-corrected chi connectivity index (χ0v) is 16.5. The fourth-order valence-electron chi connectivity index (χ4n) is 2.96. The summed E-state index contributed by atoms with van der Waals surface area (Å²) in [6.07, 6.45) is 0. The molecule has 3 N–H and O–H groups in total. The lowest BCUT2D eigenvalue weighted by molar-refractivity contribution is 0.0925. The molecule has 0 atom stereocenters. The quantitative estimate of drug-likeness (QED) is 0.507. The van der Waals surface area contributed by atoms with Gasteiger partial charge in [0.1, 0.15) is 5.69 Å². The molecule has 0 spiro atoms. The minimum atomic E-state index is -0.316. The van der Waals surface area contributed by atoms with Crippen LogP contribution in [0.5, 0.6) is 17.2 Å². The number of rotatable bonds is 8. The summed E-state index contributed by atoms with van der Waals surface area (Å²) >= 11 is 0. The highest BCUT2D eigenvalue weighted by atomic mass is 16.5. The molecule has 8 nitrogen and oxygen atoms in total. The Hall–Kier alpha value is -3.68. The van der Waals surface area contributed by atoms with Crippen LogP contribution >= 0.6 is 0 Å². The van der Waals surface area contributed by atoms with Crippen molar-refractivity contribution in [2.24, 2.45) is 0 Å². The molecule has 0 aliphatic rings. The Kier molecular flexibility index (Phi) is 6.23. The van der Waals surface area contributed by atoms with Gasteiger partial charge in [-0.15, -0.1) is 0 Å². The minimum absolute atomic E-state index is 0.233. The van der Waals surface area contributed by atoms with E-state index in [2.05, 4.69) is 15.6 Å². The molecule has 8 heteroatoms. The molecule has 29 heavy (non-hydrogen) atoms. The van der Waals surface area contributed by atoms with Crippen molar-refractivity contribution in [2.45, 2.75) is 0 Å². The van der Waals surface area contributed by atoms with Crippen LogP contribution in [0.4, 0.5) is 0 Å². The number of carbonyl (C=O) groups is 2. The number of amides is 2. The van der Waals surface area contributed by atoms with Gasteiger partial charge in [0.05, 0.1) is 21.3 Å². The Morgan fingerprint density at radius 3 is 2.07 bits per heavy atom. The number of H-pyrrole nitrogens is 1. The molecule has 2 amide bonds. The zero-order chi connectivity index (χ0) is 20.8. The van der Waals surface area contributed by atoms with Crippen molar-refractivity contribution in [1.29, 1.82) is 0 Å². The lowest BCUT2D eigenvalue weighted by Gasteiger charge is -2.14. The first-order valence-corrected chi connectivity index (χ1v) is 9.01. The minimum Gasteiger partial charge on any atom is -0.493 e. The predicted octanol–water partition coefficient (Wildman–Crippen LogP) is 2.35. The number of benzene rings is 2. The molecule has 3 rings (SSSR count). The number of aromatic amines is 1. The normalized spacial score (nSPS) is 10.4. The maximum Gasteiger partial charge on any atom is 0.267 e. The van der Waals surface area contributed by atoms with E-state index in [1.165, 1.54) is 21.3 Å². The fraction of sp³-hybridized carbons (Fsp3) is 0.238. The van der Waals surface area contributed by atoms with Gasteiger partial charge in [-0.05, 0) is 24.3 Å². The van der Waals surface area contributed by atoms with E-state index in [1.807, 2.05) is 24.3 Å². The number of hydrogen-bond acceptors (Lipinski definition) is 5. The summed E-state index contributed by atoms with van der Waals surface area (Å²) in [5.41, 5.74) is 1.73. The molecule has 0 aliphatic carbocycles. The Morgan fingerprint density at radius 2 is 1.48 bits per heavy atom. The van der Waals surface area contributed by atoms with Crippen molar-refractivity contribution >= 4 is 22.7 Å². The number of carbonyl (C=O) groups excluding carboxylic acids is 2. The van der Waals surface area contributed by atoms with E-state index in [4.69, 9.17) is 14.2 Å². The van der Waals surface area contributed by atoms with Crippen LogP contribution in [0, 0.1) is 0 Å². The Labute approximate surface area is 168 Å². The lowest BCUT2D eigenvalue weighted by atomic mass is 10.1. The highest BCUT2D eigenvalue weighted by Gasteiger charge is 2.17. The second kappa shape index (κ2) is 9.01. The third kappa shape index (κ3) is 4.43. The molecule has 2 aromatic carbocycles. The van der Waals surface area contributed by atoms with Gasteiger partial charge in [0, 0.05) is 29.6 Å². The fourth-order valence-corrected chi connectivity index (χ4v) is 2.96. The molecule has 0 radical (unpaired) electrons. The van der Waals surface area contributed by atoms with E-state index >= 15 is 0 Å². The van der Waals surface area contributed by atoms with E-state index in [0.29, 0.717) is 28.5 Å². The number of ether oxygens (including phenoxy) is 3. The summed E-state index contributed by atoms with van der Waals surface area (Å²) in [6.45, 7) is 0.547. The van der Waals surface area contributed by atoms with Crippen molar-refractivity contribution in [2.75, 3.05) is 34.4 Å². The first-order chi connectivity index (χ1) is 14.1. The summed E-state index contributed by atoms with van der Waals surface area (Å²) in [4.78, 5) is 27.8. The van der Waals surface area contributed by atoms with Crippen molar-refractivity contribution < 1.29 is 23.8 Å². The van der Waals surface area contributed by atoms with Gasteiger partial charge < -0.3 is 29.8 Å². The summed E-state index contributed by atoms with van der Waals surface area (Å²) in [6, 6.07) is 12.6. The second-order valence-corrected chi connectivity index (χ2v) is 6.20. The molecule has 152 valence electrons. The third-order valence-corrected chi connectivity index (χ3v) is 4.40. The lowest BCUT2D eigenvalue weighted by Crippen LogP contribution is -2.34. The van der Waals surface area contributed by atoms with E-state index in [0.717, 1.165) is 10.9 Å². The SMILES string of the molecule is COc1cc(C(=O)NCCNC(=O)c2cc3ccccc3[nH]2)cc(OC)c1OC. The van der Waals surface area contributed by atoms with Crippen LogP contribution in [0.15, 0.2) is 42.5 Å². The first-order valence-electron chi connectivity index (χ1n) is 9.01. The van der Waals surface area contributed by atoms with Crippen molar-refractivity contribution in [3.8, 4) is 17.2 Å². The van der Waals surface area contributed by atoms with Crippen LogP contribution in [0.2, 0.25) is 0 Å². The first kappa shape index (κ1) is 20.1. The van der Waals surface area contributed by atoms with Gasteiger partial charge in [-0.3, -0.25) is 9.59 Å². The van der Waals surface area contributed by atoms with Gasteiger partial charge in [0.2, 0.25) is 5.75 Å². The van der Waals surface area contributed by atoms with Gasteiger partial charge in [-0.25, -0.2) is 0 Å². The second-order valence-electron chi connectivity index (χ2n) is 6.20. The molecule has 0 bridgehead atoms. The summed E-state index contributed by atoms with van der Waals surface area (Å²) < 4.78 is 15.8. The average Bonchev–Trinajstić information content (AvgIpc) is 3.19. The summed E-state index contributed by atoms with van der Waals surface area (Å²) in [5, 5.41) is 6.50. The highest BCUT2D eigenvalue weighted by Crippen LogP contribution is 2.38. The Bertz CT molecular complexity index is 970. The van der Waals surface area contributed by atoms with Gasteiger partial charge in [-0.2, -0.15) is 0 Å². The standard InChI is InChI=1S/C21H23N3O5/c1-27-17-11-14(12-18(28-2)19(17)29-3)20(25)22-8-9-23-21(26)16-10-13-6-4-5-7-15(13)24-16/h4-7,10-12,24H,8-9H2,1-3H3,(H,22,25)(H,23,26). The van der Waals surface area contributed by atoms with Crippen LogP contribution in [0.3, 0.4) is 0 Å². The number of aromatic nitrogens is 1. The van der Waals surface area contributed by atoms with Gasteiger partial charge in [0.25, 0.3) is 11.8 Å². The van der Waals surface area contributed by atoms with Gasteiger partial charge in [0.15, 0.2) is 11.5 Å². The molecule has 3 aromatic rings. The average molecular weight is 397 g/mol. The number of para-hydroxylation sites is 1. The Balaban J connectivity index is 1.56. The van der Waals surface area contributed by atoms with E-state index in [9.17, 15) is 9.59 Å². The number of methoxy groups -OCH3 is 3. The largest absolute Gasteiger partial charge is 0.493 e. The summed E-state index contributed by atoms with van der Waals surface area (Å²) in [7, 11) is 4.47. The molecule has 1 aromatic heterocycles. The molecule has 0 saturated heterocycles. The van der Waals surface area contributed by atoms with E-state index < -0.39 is 0 Å². The number of fused-ring (bicyclic) bond motifs is 1. The molecule has 0 aliphatic heterocycles. The predicted molar refractivity (Wildman–Crippen MR) is 109 cm³/mol. The van der Waals surface area contributed by atoms with Crippen LogP contribution in [-0.4, -0.2) is 51.2 Å². The van der Waals surface area contributed by atoms with Crippen LogP contribution in [0.1, 0.15) is 20.8 Å². The van der Waals surface area contributed by atoms with Crippen LogP contribution in [0.25, 0.3) is 10.9 Å². The van der Waals surface area contributed by atoms with Crippen molar-refractivity contribution in [3.05, 3.63) is 53.7 Å². The third-order valence-electron chi connectivity index (χ3n) is 4.40. The van der Waals surface area contributed by atoms with Crippen LogP contribution in [-0.2, 0) is 0 Å². The molecule has 0 saturated carbocycles. The van der Waals surface area contributed by atoms with Gasteiger partial charge >= 0.3 is 0 Å². The zero-order valence-electron chi connectivity index (χ0n) is 16.5. The molecular formula is C21H23N3O5. The number of nitrogens with one attached hydrogen (secondary N) is 3.